The molecule has 1 aliphatic heterocycles. The van der Waals surface area contributed by atoms with Gasteiger partial charge in [0.25, 0.3) is 4.96 Å². The smallest absolute Gasteiger partial charge is 0.363 e. The number of carbonyl (C=O) groups excluding carboxylic acids is 1. The number of hydrogen-bond donors (Lipinski definition) is 1. The van der Waals surface area contributed by atoms with Crippen molar-refractivity contribution in [2.24, 2.45) is 5.92 Å². The summed E-state index contributed by atoms with van der Waals surface area (Å²) in [7, 11) is 0. The van der Waals surface area contributed by atoms with Crippen LogP contribution in [-0.4, -0.2) is 44.7 Å². The highest BCUT2D eigenvalue weighted by Gasteiger charge is 2.30. The minimum Gasteiger partial charge on any atom is -0.363 e. The van der Waals surface area contributed by atoms with Crippen molar-refractivity contribution in [3.8, 4) is 0 Å². The Morgan fingerprint density at radius 2 is 2.15 bits per heavy atom. The molecule has 8 nitrogen and oxygen atoms in total. The Morgan fingerprint density at radius 1 is 1.33 bits per heavy atom. The zero-order valence-corrected chi connectivity index (χ0v) is 15.4. The second-order valence-corrected chi connectivity index (χ2v) is 7.50. The first-order chi connectivity index (χ1) is 13.1. The van der Waals surface area contributed by atoms with Crippen molar-refractivity contribution in [1.82, 2.24) is 14.3 Å². The lowest BCUT2D eigenvalue weighted by atomic mass is 10.1. The summed E-state index contributed by atoms with van der Waals surface area (Å²) in [5.41, 5.74) is 1.21. The SMILES string of the molecule is O=C1CC(CNc2nc3sccn3c2[N+](=O)[O-])CN1CCc1ccccc1. The lowest BCUT2D eigenvalue weighted by Crippen LogP contribution is -2.28. The molecule has 0 radical (unpaired) electrons. The highest BCUT2D eigenvalue weighted by atomic mass is 32.1. The monoisotopic (exact) mass is 385 g/mol. The molecule has 1 unspecified atom stereocenters. The molecule has 1 aromatic carbocycles. The number of benzene rings is 1. The second kappa shape index (κ2) is 7.36. The standard InChI is InChI=1S/C18H19N5O3S/c24-15-10-14(12-21(15)7-6-13-4-2-1-3-5-13)11-19-16-17(23(25)26)22-8-9-27-18(22)20-16/h1-5,8-9,14,19H,6-7,10-12H2. The van der Waals surface area contributed by atoms with E-state index in [0.29, 0.717) is 31.0 Å². The number of hydrogen-bond acceptors (Lipinski definition) is 6. The van der Waals surface area contributed by atoms with Gasteiger partial charge in [-0.25, -0.2) is 0 Å². The number of nitrogens with zero attached hydrogens (tertiary/aromatic N) is 4. The molecule has 3 heterocycles. The zero-order valence-electron chi connectivity index (χ0n) is 14.6. The number of amides is 1. The number of anilines is 1. The van der Waals surface area contributed by atoms with E-state index in [-0.39, 0.29) is 23.5 Å². The number of thiazole rings is 1. The predicted octanol–water partition coefficient (Wildman–Crippen LogP) is 2.81. The van der Waals surface area contributed by atoms with Gasteiger partial charge in [-0.15, -0.1) is 0 Å². The van der Waals surface area contributed by atoms with Crippen molar-refractivity contribution >= 4 is 33.8 Å². The summed E-state index contributed by atoms with van der Waals surface area (Å²) in [4.78, 5) is 29.9. The molecule has 1 fully saturated rings. The number of rotatable bonds is 7. The van der Waals surface area contributed by atoms with Crippen LogP contribution < -0.4 is 5.32 Å². The Bertz CT molecular complexity index is 968. The molecule has 3 aromatic rings. The van der Waals surface area contributed by atoms with Gasteiger partial charge >= 0.3 is 5.82 Å². The van der Waals surface area contributed by atoms with Crippen molar-refractivity contribution in [2.45, 2.75) is 12.8 Å². The summed E-state index contributed by atoms with van der Waals surface area (Å²) in [6.45, 7) is 1.84. The molecule has 0 bridgehead atoms. The molecule has 27 heavy (non-hydrogen) atoms. The van der Waals surface area contributed by atoms with Gasteiger partial charge in [0.05, 0.1) is 0 Å². The van der Waals surface area contributed by atoms with Gasteiger partial charge in [-0.1, -0.05) is 41.7 Å². The number of nitrogens with one attached hydrogen (secondary N) is 1. The molecule has 9 heteroatoms. The van der Waals surface area contributed by atoms with Crippen LogP contribution in [0.15, 0.2) is 41.9 Å². The maximum Gasteiger partial charge on any atom is 0.372 e. The Kier molecular flexibility index (Phi) is 4.76. The van der Waals surface area contributed by atoms with Crippen molar-refractivity contribution in [1.29, 1.82) is 0 Å². The van der Waals surface area contributed by atoms with Crippen LogP contribution in [-0.2, 0) is 11.2 Å². The normalized spacial score (nSPS) is 17.0. The van der Waals surface area contributed by atoms with E-state index in [1.807, 2.05) is 23.1 Å². The fraction of sp³-hybridized carbons (Fsp3) is 0.333. The quantitative estimate of drug-likeness (QED) is 0.499. The molecule has 0 saturated carbocycles. The van der Waals surface area contributed by atoms with Crippen LogP contribution in [0.2, 0.25) is 0 Å². The van der Waals surface area contributed by atoms with Crippen LogP contribution in [0.3, 0.4) is 0 Å². The van der Waals surface area contributed by atoms with Crippen LogP contribution in [0.25, 0.3) is 4.96 Å². The van der Waals surface area contributed by atoms with Gasteiger partial charge in [0, 0.05) is 37.4 Å². The molecule has 1 amide bonds. The molecule has 2 aromatic heterocycles. The number of carbonyl (C=O) groups is 1. The van der Waals surface area contributed by atoms with E-state index >= 15 is 0 Å². The number of nitro groups is 1. The van der Waals surface area contributed by atoms with Gasteiger partial charge in [-0.3, -0.25) is 4.79 Å². The number of likely N-dealkylation sites (tertiary alicyclic amines) is 1. The Hall–Kier alpha value is -2.94. The van der Waals surface area contributed by atoms with Gasteiger partial charge in [-0.2, -0.15) is 9.38 Å². The zero-order chi connectivity index (χ0) is 18.8. The van der Waals surface area contributed by atoms with Crippen molar-refractivity contribution in [3.05, 3.63) is 57.6 Å². The minimum absolute atomic E-state index is 0.0588. The van der Waals surface area contributed by atoms with E-state index in [4.69, 9.17) is 0 Å². The van der Waals surface area contributed by atoms with Crippen LogP contribution in [0.4, 0.5) is 11.6 Å². The lowest BCUT2D eigenvalue weighted by Gasteiger charge is -2.16. The molecule has 1 aliphatic rings. The second-order valence-electron chi connectivity index (χ2n) is 6.62. The molecule has 0 aliphatic carbocycles. The summed E-state index contributed by atoms with van der Waals surface area (Å²) < 4.78 is 1.47. The minimum atomic E-state index is -0.430. The first kappa shape index (κ1) is 17.5. The average molecular weight is 385 g/mol. The molecule has 0 spiro atoms. The average Bonchev–Trinajstić information content (AvgIpc) is 3.33. The van der Waals surface area contributed by atoms with Gasteiger partial charge in [0.2, 0.25) is 11.7 Å². The summed E-state index contributed by atoms with van der Waals surface area (Å²) >= 11 is 1.35. The largest absolute Gasteiger partial charge is 0.372 e. The number of aromatic nitrogens is 2. The molecule has 4 rings (SSSR count). The number of fused-ring (bicyclic) bond motifs is 1. The summed E-state index contributed by atoms with van der Waals surface area (Å²) in [5, 5.41) is 16.2. The van der Waals surface area contributed by atoms with Crippen molar-refractivity contribution in [3.63, 3.8) is 0 Å². The fourth-order valence-electron chi connectivity index (χ4n) is 3.42. The van der Waals surface area contributed by atoms with Crippen LogP contribution >= 0.6 is 11.3 Å². The van der Waals surface area contributed by atoms with Crippen LogP contribution in [0.1, 0.15) is 12.0 Å². The van der Waals surface area contributed by atoms with E-state index in [1.54, 1.807) is 11.6 Å². The first-order valence-corrected chi connectivity index (χ1v) is 9.65. The highest BCUT2D eigenvalue weighted by molar-refractivity contribution is 7.15. The maximum absolute atomic E-state index is 12.3. The molecule has 140 valence electrons. The molecule has 1 N–H and O–H groups in total. The molecular formula is C18H19N5O3S. The Labute approximate surface area is 159 Å². The van der Waals surface area contributed by atoms with E-state index in [2.05, 4.69) is 22.4 Å². The fourth-order valence-corrected chi connectivity index (χ4v) is 4.13. The summed E-state index contributed by atoms with van der Waals surface area (Å²) in [6.07, 6.45) is 2.92. The van der Waals surface area contributed by atoms with Crippen LogP contribution in [0.5, 0.6) is 0 Å². The van der Waals surface area contributed by atoms with Crippen molar-refractivity contribution in [2.75, 3.05) is 25.0 Å². The van der Waals surface area contributed by atoms with Gasteiger partial charge < -0.3 is 20.3 Å². The van der Waals surface area contributed by atoms with Crippen LogP contribution in [0, 0.1) is 16.0 Å². The number of imidazole rings is 1. The molecule has 1 atom stereocenters. The molecular weight excluding hydrogens is 366 g/mol. The summed E-state index contributed by atoms with van der Waals surface area (Å²) in [6, 6.07) is 10.1. The Morgan fingerprint density at radius 3 is 2.93 bits per heavy atom. The van der Waals surface area contributed by atoms with E-state index in [1.165, 1.54) is 21.3 Å². The lowest BCUT2D eigenvalue weighted by molar-refractivity contribution is -0.389. The maximum atomic E-state index is 12.3. The van der Waals surface area contributed by atoms with Gasteiger partial charge in [-0.05, 0) is 16.9 Å². The Balaban J connectivity index is 1.36. The molecule has 1 saturated heterocycles. The first-order valence-electron chi connectivity index (χ1n) is 8.77. The van der Waals surface area contributed by atoms with E-state index in [0.717, 1.165) is 6.42 Å². The topological polar surface area (TPSA) is 92.8 Å². The summed E-state index contributed by atoms with van der Waals surface area (Å²) in [5.74, 6) is 0.462. The van der Waals surface area contributed by atoms with E-state index in [9.17, 15) is 14.9 Å². The third-order valence-electron chi connectivity index (χ3n) is 4.78. The third kappa shape index (κ3) is 3.63. The van der Waals surface area contributed by atoms with Gasteiger partial charge in [0.1, 0.15) is 6.20 Å². The van der Waals surface area contributed by atoms with Gasteiger partial charge in [0.15, 0.2) is 0 Å². The highest BCUT2D eigenvalue weighted by Crippen LogP contribution is 2.29. The third-order valence-corrected chi connectivity index (χ3v) is 5.53. The predicted molar refractivity (Wildman–Crippen MR) is 103 cm³/mol. The van der Waals surface area contributed by atoms with Crippen molar-refractivity contribution < 1.29 is 9.72 Å². The van der Waals surface area contributed by atoms with E-state index < -0.39 is 4.92 Å².